The molecule has 0 amide bonds. The van der Waals surface area contributed by atoms with Crippen LogP contribution in [0.25, 0.3) is 0 Å². The van der Waals surface area contributed by atoms with Crippen molar-refractivity contribution in [2.75, 3.05) is 17.8 Å². The standard InChI is InChI=1S/C12H23N5O/c1-3-5-6-9(4-2)8-18-11-7-10(17-14)15-12(13)16-11/h7,9H,3-6,8,14H2,1-2H3,(H3,13,15,16,17). The number of rotatable bonds is 8. The van der Waals surface area contributed by atoms with E-state index in [4.69, 9.17) is 16.3 Å². The number of hydrogen-bond acceptors (Lipinski definition) is 6. The number of hydrogen-bond donors (Lipinski definition) is 3. The van der Waals surface area contributed by atoms with Gasteiger partial charge in [-0.25, -0.2) is 5.84 Å². The summed E-state index contributed by atoms with van der Waals surface area (Å²) in [5, 5.41) is 0. The number of aromatic nitrogens is 2. The van der Waals surface area contributed by atoms with Crippen molar-refractivity contribution in [3.8, 4) is 5.88 Å². The van der Waals surface area contributed by atoms with Gasteiger partial charge in [0.15, 0.2) is 0 Å². The molecule has 102 valence electrons. The fourth-order valence-corrected chi connectivity index (χ4v) is 1.69. The van der Waals surface area contributed by atoms with Crippen LogP contribution in [0.3, 0.4) is 0 Å². The molecular weight excluding hydrogens is 230 g/mol. The summed E-state index contributed by atoms with van der Waals surface area (Å²) in [5.41, 5.74) is 7.99. The summed E-state index contributed by atoms with van der Waals surface area (Å²) < 4.78 is 5.65. The second-order valence-electron chi connectivity index (χ2n) is 4.32. The molecule has 0 fully saturated rings. The Morgan fingerprint density at radius 2 is 2.17 bits per heavy atom. The third-order valence-corrected chi connectivity index (χ3v) is 2.88. The molecule has 0 aliphatic rings. The number of unbranched alkanes of at least 4 members (excludes halogenated alkanes) is 1. The summed E-state index contributed by atoms with van der Waals surface area (Å²) in [6, 6.07) is 1.64. The van der Waals surface area contributed by atoms with E-state index in [0.717, 1.165) is 6.42 Å². The molecule has 1 aromatic rings. The van der Waals surface area contributed by atoms with Crippen LogP contribution in [0.15, 0.2) is 6.07 Å². The van der Waals surface area contributed by atoms with E-state index in [1.807, 2.05) is 0 Å². The lowest BCUT2D eigenvalue weighted by molar-refractivity contribution is 0.226. The summed E-state index contributed by atoms with van der Waals surface area (Å²) >= 11 is 0. The van der Waals surface area contributed by atoms with Gasteiger partial charge in [-0.1, -0.05) is 33.1 Å². The zero-order chi connectivity index (χ0) is 13.4. The lowest BCUT2D eigenvalue weighted by Crippen LogP contribution is -2.14. The SMILES string of the molecule is CCCCC(CC)COc1cc(NN)nc(N)n1. The quantitative estimate of drug-likeness (QED) is 0.483. The largest absolute Gasteiger partial charge is 0.477 e. The predicted molar refractivity (Wildman–Crippen MR) is 73.1 cm³/mol. The first-order valence-corrected chi connectivity index (χ1v) is 6.43. The minimum absolute atomic E-state index is 0.155. The Bertz CT molecular complexity index is 358. The Kier molecular flexibility index (Phi) is 6.21. The fourth-order valence-electron chi connectivity index (χ4n) is 1.69. The molecule has 5 N–H and O–H groups in total. The van der Waals surface area contributed by atoms with E-state index in [2.05, 4.69) is 29.2 Å². The zero-order valence-electron chi connectivity index (χ0n) is 11.1. The summed E-state index contributed by atoms with van der Waals surface area (Å²) in [7, 11) is 0. The Morgan fingerprint density at radius 3 is 2.78 bits per heavy atom. The fraction of sp³-hybridized carbons (Fsp3) is 0.667. The molecule has 0 aliphatic carbocycles. The molecule has 18 heavy (non-hydrogen) atoms. The Morgan fingerprint density at radius 1 is 1.39 bits per heavy atom. The normalized spacial score (nSPS) is 12.2. The minimum atomic E-state index is 0.155. The maximum atomic E-state index is 5.65. The highest BCUT2D eigenvalue weighted by atomic mass is 16.5. The van der Waals surface area contributed by atoms with E-state index >= 15 is 0 Å². The van der Waals surface area contributed by atoms with Crippen molar-refractivity contribution in [2.24, 2.45) is 11.8 Å². The smallest absolute Gasteiger partial charge is 0.225 e. The van der Waals surface area contributed by atoms with Crippen molar-refractivity contribution in [1.82, 2.24) is 9.97 Å². The van der Waals surface area contributed by atoms with Crippen LogP contribution in [0.5, 0.6) is 5.88 Å². The van der Waals surface area contributed by atoms with Crippen molar-refractivity contribution in [3.63, 3.8) is 0 Å². The molecule has 1 aromatic heterocycles. The molecule has 1 atom stereocenters. The zero-order valence-corrected chi connectivity index (χ0v) is 11.1. The van der Waals surface area contributed by atoms with Gasteiger partial charge in [-0.15, -0.1) is 0 Å². The Hall–Kier alpha value is -1.56. The topological polar surface area (TPSA) is 99.1 Å². The van der Waals surface area contributed by atoms with E-state index in [9.17, 15) is 0 Å². The molecule has 0 saturated carbocycles. The van der Waals surface area contributed by atoms with Crippen LogP contribution in [0.1, 0.15) is 39.5 Å². The van der Waals surface area contributed by atoms with Gasteiger partial charge in [0.05, 0.1) is 6.61 Å². The lowest BCUT2D eigenvalue weighted by atomic mass is 10.0. The number of nitrogens with one attached hydrogen (secondary N) is 1. The molecular formula is C12H23N5O. The molecule has 1 unspecified atom stereocenters. The molecule has 1 rings (SSSR count). The lowest BCUT2D eigenvalue weighted by Gasteiger charge is -2.15. The highest BCUT2D eigenvalue weighted by Crippen LogP contribution is 2.17. The second-order valence-corrected chi connectivity index (χ2v) is 4.32. The number of nitrogens with zero attached hydrogens (tertiary/aromatic N) is 2. The molecule has 0 saturated heterocycles. The third kappa shape index (κ3) is 4.75. The third-order valence-electron chi connectivity index (χ3n) is 2.88. The summed E-state index contributed by atoms with van der Waals surface area (Å²) in [6.07, 6.45) is 4.71. The summed E-state index contributed by atoms with van der Waals surface area (Å²) in [4.78, 5) is 7.92. The molecule has 0 aromatic carbocycles. The first-order valence-electron chi connectivity index (χ1n) is 6.43. The van der Waals surface area contributed by atoms with Gasteiger partial charge in [-0.05, 0) is 12.3 Å². The number of hydrazine groups is 1. The van der Waals surface area contributed by atoms with E-state index in [1.165, 1.54) is 19.3 Å². The molecule has 6 heteroatoms. The molecule has 0 spiro atoms. The van der Waals surface area contributed by atoms with Crippen molar-refractivity contribution in [2.45, 2.75) is 39.5 Å². The summed E-state index contributed by atoms with van der Waals surface area (Å²) in [6.45, 7) is 5.01. The van der Waals surface area contributed by atoms with Gasteiger partial charge in [0.25, 0.3) is 0 Å². The van der Waals surface area contributed by atoms with Crippen LogP contribution in [-0.4, -0.2) is 16.6 Å². The van der Waals surface area contributed by atoms with Gasteiger partial charge in [-0.2, -0.15) is 9.97 Å². The van der Waals surface area contributed by atoms with Gasteiger partial charge < -0.3 is 15.9 Å². The van der Waals surface area contributed by atoms with Crippen molar-refractivity contribution in [3.05, 3.63) is 6.07 Å². The first kappa shape index (κ1) is 14.5. The van der Waals surface area contributed by atoms with Gasteiger partial charge in [0, 0.05) is 6.07 Å². The van der Waals surface area contributed by atoms with Crippen LogP contribution in [0, 0.1) is 5.92 Å². The van der Waals surface area contributed by atoms with Crippen LogP contribution >= 0.6 is 0 Å². The Balaban J connectivity index is 2.53. The highest BCUT2D eigenvalue weighted by molar-refractivity contribution is 5.41. The first-order chi connectivity index (χ1) is 8.69. The minimum Gasteiger partial charge on any atom is -0.477 e. The number of anilines is 2. The van der Waals surface area contributed by atoms with Crippen molar-refractivity contribution >= 4 is 11.8 Å². The van der Waals surface area contributed by atoms with Crippen molar-refractivity contribution < 1.29 is 4.74 Å². The second kappa shape index (κ2) is 7.71. The number of nitrogen functional groups attached to an aromatic ring is 2. The predicted octanol–water partition coefficient (Wildman–Crippen LogP) is 1.94. The van der Waals surface area contributed by atoms with E-state index < -0.39 is 0 Å². The van der Waals surface area contributed by atoms with Crippen LogP contribution in [0.4, 0.5) is 11.8 Å². The van der Waals surface area contributed by atoms with Gasteiger partial charge in [0.2, 0.25) is 11.8 Å². The Labute approximate surface area is 108 Å². The monoisotopic (exact) mass is 253 g/mol. The molecule has 6 nitrogen and oxygen atoms in total. The molecule has 1 heterocycles. The maximum Gasteiger partial charge on any atom is 0.225 e. The van der Waals surface area contributed by atoms with Gasteiger partial charge in [-0.3, -0.25) is 0 Å². The highest BCUT2D eigenvalue weighted by Gasteiger charge is 2.08. The van der Waals surface area contributed by atoms with Crippen LogP contribution in [0.2, 0.25) is 0 Å². The maximum absolute atomic E-state index is 5.65. The van der Waals surface area contributed by atoms with E-state index in [1.54, 1.807) is 6.07 Å². The van der Waals surface area contributed by atoms with Crippen molar-refractivity contribution in [1.29, 1.82) is 0 Å². The van der Waals surface area contributed by atoms with Crippen LogP contribution < -0.4 is 21.7 Å². The van der Waals surface area contributed by atoms with E-state index in [-0.39, 0.29) is 5.95 Å². The summed E-state index contributed by atoms with van der Waals surface area (Å²) in [5.74, 6) is 6.91. The number of ether oxygens (including phenoxy) is 1. The molecule has 0 radical (unpaired) electrons. The van der Waals surface area contributed by atoms with Crippen LogP contribution in [-0.2, 0) is 0 Å². The van der Waals surface area contributed by atoms with Gasteiger partial charge in [0.1, 0.15) is 5.82 Å². The number of nitrogens with two attached hydrogens (primary N) is 2. The molecule has 0 bridgehead atoms. The average molecular weight is 253 g/mol. The average Bonchev–Trinajstić information content (AvgIpc) is 2.38. The molecule has 0 aliphatic heterocycles. The van der Waals surface area contributed by atoms with Gasteiger partial charge >= 0.3 is 0 Å². The van der Waals surface area contributed by atoms with E-state index in [0.29, 0.717) is 24.2 Å².